The number of anilines is 1. The number of aryl methyl sites for hydroxylation is 1. The number of hydrogen-bond acceptors (Lipinski definition) is 1. The third kappa shape index (κ3) is 3.59. The molecule has 1 aromatic rings. The summed E-state index contributed by atoms with van der Waals surface area (Å²) in [5.74, 6) is 0.746. The number of benzene rings is 1. The molecule has 0 aliphatic rings. The average Bonchev–Trinajstić information content (AvgIpc) is 2.10. The summed E-state index contributed by atoms with van der Waals surface area (Å²) in [4.78, 5) is 0. The predicted molar refractivity (Wildman–Crippen MR) is 64.1 cm³/mol. The van der Waals surface area contributed by atoms with E-state index in [9.17, 15) is 0 Å². The zero-order valence-electron chi connectivity index (χ0n) is 9.10. The largest absolute Gasteiger partial charge is 0.385 e. The Kier molecular flexibility index (Phi) is 4.27. The van der Waals surface area contributed by atoms with Gasteiger partial charge in [0.2, 0.25) is 0 Å². The Balaban J connectivity index is 2.47. The lowest BCUT2D eigenvalue weighted by Crippen LogP contribution is -2.04. The smallest absolute Gasteiger partial charge is 0.0436 e. The van der Waals surface area contributed by atoms with Gasteiger partial charge in [0, 0.05) is 17.3 Å². The van der Waals surface area contributed by atoms with Crippen molar-refractivity contribution >= 4 is 17.3 Å². The van der Waals surface area contributed by atoms with E-state index in [1.807, 2.05) is 19.1 Å². The fraction of sp³-hybridized carbons (Fsp3) is 0.500. The lowest BCUT2D eigenvalue weighted by atomic mass is 10.1. The van der Waals surface area contributed by atoms with Crippen molar-refractivity contribution in [3.8, 4) is 0 Å². The van der Waals surface area contributed by atoms with Crippen LogP contribution in [0.2, 0.25) is 5.02 Å². The summed E-state index contributed by atoms with van der Waals surface area (Å²) in [5.41, 5.74) is 2.29. The molecule has 0 saturated carbocycles. The van der Waals surface area contributed by atoms with E-state index in [4.69, 9.17) is 11.6 Å². The molecule has 1 rings (SSSR count). The summed E-state index contributed by atoms with van der Waals surface area (Å²) in [6.07, 6.45) is 1.20. The van der Waals surface area contributed by atoms with Crippen LogP contribution in [0.25, 0.3) is 0 Å². The second kappa shape index (κ2) is 5.26. The molecule has 0 radical (unpaired) electrons. The van der Waals surface area contributed by atoms with Gasteiger partial charge < -0.3 is 5.32 Å². The van der Waals surface area contributed by atoms with Crippen molar-refractivity contribution in [1.29, 1.82) is 0 Å². The summed E-state index contributed by atoms with van der Waals surface area (Å²) >= 11 is 5.94. The molecule has 0 spiro atoms. The molecule has 0 heterocycles. The first kappa shape index (κ1) is 11.4. The second-order valence-electron chi connectivity index (χ2n) is 4.07. The molecule has 0 aliphatic heterocycles. The molecule has 2 heteroatoms. The van der Waals surface area contributed by atoms with Gasteiger partial charge in [0.1, 0.15) is 0 Å². The van der Waals surface area contributed by atoms with Crippen LogP contribution < -0.4 is 5.32 Å². The lowest BCUT2D eigenvalue weighted by molar-refractivity contribution is 0.607. The Hall–Kier alpha value is -0.690. The molecule has 0 bridgehead atoms. The number of hydrogen-bond donors (Lipinski definition) is 1. The van der Waals surface area contributed by atoms with Crippen molar-refractivity contribution < 1.29 is 0 Å². The minimum absolute atomic E-state index is 0.746. The van der Waals surface area contributed by atoms with Gasteiger partial charge in [-0.15, -0.1) is 0 Å². The maximum absolute atomic E-state index is 5.94. The van der Waals surface area contributed by atoms with Crippen LogP contribution in [0.15, 0.2) is 18.2 Å². The van der Waals surface area contributed by atoms with Crippen molar-refractivity contribution in [3.05, 3.63) is 28.8 Å². The van der Waals surface area contributed by atoms with Gasteiger partial charge in [-0.2, -0.15) is 0 Å². The summed E-state index contributed by atoms with van der Waals surface area (Å²) in [6.45, 7) is 7.51. The summed E-state index contributed by atoms with van der Waals surface area (Å²) in [6, 6.07) is 6.05. The van der Waals surface area contributed by atoms with Gasteiger partial charge in [0.05, 0.1) is 0 Å². The van der Waals surface area contributed by atoms with Crippen LogP contribution in [0, 0.1) is 12.8 Å². The fourth-order valence-corrected chi connectivity index (χ4v) is 1.38. The summed E-state index contributed by atoms with van der Waals surface area (Å²) in [7, 11) is 0. The van der Waals surface area contributed by atoms with Crippen molar-refractivity contribution in [3.63, 3.8) is 0 Å². The van der Waals surface area contributed by atoms with Gasteiger partial charge in [0.25, 0.3) is 0 Å². The molecule has 78 valence electrons. The van der Waals surface area contributed by atoms with Crippen molar-refractivity contribution in [2.75, 3.05) is 11.9 Å². The molecular formula is C12H18ClN. The van der Waals surface area contributed by atoms with Gasteiger partial charge in [0.15, 0.2) is 0 Å². The molecule has 0 atom stereocenters. The van der Waals surface area contributed by atoms with Crippen LogP contribution in [-0.2, 0) is 0 Å². The standard InChI is InChI=1S/C12H18ClN/c1-9(2)6-7-14-11-4-5-12(13)10(3)8-11/h4-5,8-9,14H,6-7H2,1-3H3. The van der Waals surface area contributed by atoms with Crippen molar-refractivity contribution in [2.45, 2.75) is 27.2 Å². The Morgan fingerprint density at radius 2 is 2.07 bits per heavy atom. The topological polar surface area (TPSA) is 12.0 Å². The SMILES string of the molecule is Cc1cc(NCCC(C)C)ccc1Cl. The molecule has 1 N–H and O–H groups in total. The van der Waals surface area contributed by atoms with Crippen LogP contribution in [0.1, 0.15) is 25.8 Å². The maximum atomic E-state index is 5.94. The van der Waals surface area contributed by atoms with E-state index in [-0.39, 0.29) is 0 Å². The third-order valence-corrected chi connectivity index (χ3v) is 2.63. The molecule has 0 aromatic heterocycles. The van der Waals surface area contributed by atoms with E-state index in [1.54, 1.807) is 0 Å². The Morgan fingerprint density at radius 1 is 1.36 bits per heavy atom. The zero-order chi connectivity index (χ0) is 10.6. The highest BCUT2D eigenvalue weighted by molar-refractivity contribution is 6.31. The summed E-state index contributed by atoms with van der Waals surface area (Å²) < 4.78 is 0. The van der Waals surface area contributed by atoms with Crippen molar-refractivity contribution in [2.24, 2.45) is 5.92 Å². The van der Waals surface area contributed by atoms with Crippen molar-refractivity contribution in [1.82, 2.24) is 0 Å². The molecule has 14 heavy (non-hydrogen) atoms. The Bertz CT molecular complexity index is 294. The molecule has 0 saturated heterocycles. The van der Waals surface area contributed by atoms with Gasteiger partial charge in [-0.3, -0.25) is 0 Å². The molecule has 0 amide bonds. The molecule has 1 nitrogen and oxygen atoms in total. The quantitative estimate of drug-likeness (QED) is 0.791. The minimum atomic E-state index is 0.746. The lowest BCUT2D eigenvalue weighted by Gasteiger charge is -2.09. The Morgan fingerprint density at radius 3 is 2.64 bits per heavy atom. The van der Waals surface area contributed by atoms with Gasteiger partial charge >= 0.3 is 0 Å². The van der Waals surface area contributed by atoms with E-state index >= 15 is 0 Å². The highest BCUT2D eigenvalue weighted by atomic mass is 35.5. The van der Waals surface area contributed by atoms with Gasteiger partial charge in [-0.1, -0.05) is 25.4 Å². The first-order chi connectivity index (χ1) is 6.59. The normalized spacial score (nSPS) is 10.6. The summed E-state index contributed by atoms with van der Waals surface area (Å²) in [5, 5.41) is 4.22. The van der Waals surface area contributed by atoms with E-state index in [0.29, 0.717) is 0 Å². The first-order valence-electron chi connectivity index (χ1n) is 5.09. The van der Waals surface area contributed by atoms with Crippen LogP contribution in [0.3, 0.4) is 0 Å². The second-order valence-corrected chi connectivity index (χ2v) is 4.48. The first-order valence-corrected chi connectivity index (χ1v) is 5.47. The van der Waals surface area contributed by atoms with Gasteiger partial charge in [-0.25, -0.2) is 0 Å². The van der Waals surface area contributed by atoms with Crippen LogP contribution in [0.4, 0.5) is 5.69 Å². The van der Waals surface area contributed by atoms with Crippen LogP contribution in [-0.4, -0.2) is 6.54 Å². The highest BCUT2D eigenvalue weighted by Crippen LogP contribution is 2.19. The predicted octanol–water partition coefficient (Wildman–Crippen LogP) is 4.11. The maximum Gasteiger partial charge on any atom is 0.0436 e. The highest BCUT2D eigenvalue weighted by Gasteiger charge is 1.97. The molecule has 0 unspecified atom stereocenters. The molecule has 0 aliphatic carbocycles. The average molecular weight is 212 g/mol. The Labute approximate surface area is 91.5 Å². The number of rotatable bonds is 4. The van der Waals surface area contributed by atoms with E-state index in [2.05, 4.69) is 25.2 Å². The third-order valence-electron chi connectivity index (χ3n) is 2.21. The van der Waals surface area contributed by atoms with Crippen LogP contribution >= 0.6 is 11.6 Å². The fourth-order valence-electron chi connectivity index (χ4n) is 1.26. The zero-order valence-corrected chi connectivity index (χ0v) is 9.86. The number of halogens is 1. The van der Waals surface area contributed by atoms with E-state index in [0.717, 1.165) is 28.7 Å². The minimum Gasteiger partial charge on any atom is -0.385 e. The molecular weight excluding hydrogens is 194 g/mol. The van der Waals surface area contributed by atoms with E-state index in [1.165, 1.54) is 6.42 Å². The monoisotopic (exact) mass is 211 g/mol. The molecule has 0 fully saturated rings. The molecule has 1 aromatic carbocycles. The number of nitrogens with one attached hydrogen (secondary N) is 1. The van der Waals surface area contributed by atoms with Gasteiger partial charge in [-0.05, 0) is 43.0 Å². The van der Waals surface area contributed by atoms with E-state index < -0.39 is 0 Å². The van der Waals surface area contributed by atoms with Crippen LogP contribution in [0.5, 0.6) is 0 Å².